The Kier molecular flexibility index (Phi) is 5.42. The normalized spacial score (nSPS) is 11.9. The molecule has 1 heterocycles. The second-order valence-electron chi connectivity index (χ2n) is 3.53. The molecule has 1 aromatic rings. The molecule has 0 aliphatic heterocycles. The van der Waals surface area contributed by atoms with Crippen molar-refractivity contribution in [2.45, 2.75) is 26.4 Å². The monoisotopic (exact) mass is 238 g/mol. The van der Waals surface area contributed by atoms with Gasteiger partial charge in [-0.1, -0.05) is 6.07 Å². The minimum absolute atomic E-state index is 0.254. The van der Waals surface area contributed by atoms with Crippen molar-refractivity contribution >= 4 is 5.97 Å². The van der Waals surface area contributed by atoms with Crippen LogP contribution in [0.25, 0.3) is 0 Å². The summed E-state index contributed by atoms with van der Waals surface area (Å²) in [5.41, 5.74) is 0.820. The Morgan fingerprint density at radius 2 is 2.29 bits per heavy atom. The first-order chi connectivity index (χ1) is 8.17. The molecule has 0 aliphatic carbocycles. The molecular weight excluding hydrogens is 220 g/mol. The van der Waals surface area contributed by atoms with Gasteiger partial charge in [-0.25, -0.2) is 4.98 Å². The molecular formula is C12H18N2O3. The van der Waals surface area contributed by atoms with Crippen molar-refractivity contribution in [2.24, 2.45) is 0 Å². The highest BCUT2D eigenvalue weighted by molar-refractivity contribution is 5.75. The van der Waals surface area contributed by atoms with Gasteiger partial charge in [0.2, 0.25) is 5.88 Å². The lowest BCUT2D eigenvalue weighted by Crippen LogP contribution is -2.35. The second kappa shape index (κ2) is 6.85. The molecule has 0 amide bonds. The molecule has 94 valence electrons. The highest BCUT2D eigenvalue weighted by Gasteiger charge is 2.12. The Labute approximate surface area is 101 Å². The van der Waals surface area contributed by atoms with Gasteiger partial charge in [0.25, 0.3) is 0 Å². The zero-order valence-corrected chi connectivity index (χ0v) is 10.4. The quantitative estimate of drug-likeness (QED) is 0.753. The third-order valence-electron chi connectivity index (χ3n) is 2.22. The van der Waals surface area contributed by atoms with Gasteiger partial charge < -0.3 is 9.47 Å². The molecule has 5 heteroatoms. The van der Waals surface area contributed by atoms with Crippen molar-refractivity contribution in [1.82, 2.24) is 10.3 Å². The van der Waals surface area contributed by atoms with Crippen LogP contribution in [0, 0.1) is 0 Å². The lowest BCUT2D eigenvalue weighted by molar-refractivity contribution is -0.145. The molecule has 5 nitrogen and oxygen atoms in total. The molecule has 0 aliphatic rings. The number of pyridine rings is 1. The Morgan fingerprint density at radius 1 is 1.53 bits per heavy atom. The summed E-state index contributed by atoms with van der Waals surface area (Å²) in [6.07, 6.45) is 0. The number of esters is 1. The molecule has 0 radical (unpaired) electrons. The molecule has 17 heavy (non-hydrogen) atoms. The molecule has 1 atom stereocenters. The summed E-state index contributed by atoms with van der Waals surface area (Å²) >= 11 is 0. The van der Waals surface area contributed by atoms with Crippen LogP contribution in [-0.4, -0.2) is 30.7 Å². The number of carbonyl (C=O) groups excluding carboxylic acids is 1. The van der Waals surface area contributed by atoms with E-state index in [0.29, 0.717) is 19.0 Å². The van der Waals surface area contributed by atoms with Crippen molar-refractivity contribution in [1.29, 1.82) is 0 Å². The molecule has 0 fully saturated rings. The number of carbonyl (C=O) groups is 1. The average Bonchev–Trinajstić information content (AvgIpc) is 2.36. The summed E-state index contributed by atoms with van der Waals surface area (Å²) in [4.78, 5) is 15.6. The van der Waals surface area contributed by atoms with Crippen LogP contribution in [0.4, 0.5) is 0 Å². The average molecular weight is 238 g/mol. The number of methoxy groups -OCH3 is 1. The van der Waals surface area contributed by atoms with Crippen LogP contribution in [0.15, 0.2) is 18.2 Å². The maximum absolute atomic E-state index is 11.4. The molecule has 0 saturated heterocycles. The summed E-state index contributed by atoms with van der Waals surface area (Å²) in [7, 11) is 1.57. The maximum Gasteiger partial charge on any atom is 0.322 e. The van der Waals surface area contributed by atoms with Gasteiger partial charge in [-0.15, -0.1) is 0 Å². The van der Waals surface area contributed by atoms with E-state index in [1.807, 2.05) is 12.1 Å². The zero-order valence-electron chi connectivity index (χ0n) is 10.4. The summed E-state index contributed by atoms with van der Waals surface area (Å²) < 4.78 is 9.91. The summed E-state index contributed by atoms with van der Waals surface area (Å²) in [6, 6.07) is 5.16. The van der Waals surface area contributed by atoms with E-state index in [1.54, 1.807) is 27.0 Å². The summed E-state index contributed by atoms with van der Waals surface area (Å²) in [5, 5.41) is 3.04. The van der Waals surface area contributed by atoms with Crippen LogP contribution in [0.1, 0.15) is 19.5 Å². The van der Waals surface area contributed by atoms with Crippen LogP contribution >= 0.6 is 0 Å². The number of hydrogen-bond donors (Lipinski definition) is 1. The number of rotatable bonds is 6. The first-order valence-corrected chi connectivity index (χ1v) is 5.57. The van der Waals surface area contributed by atoms with Crippen molar-refractivity contribution < 1.29 is 14.3 Å². The fraction of sp³-hybridized carbons (Fsp3) is 0.500. The fourth-order valence-corrected chi connectivity index (χ4v) is 1.28. The molecule has 0 bridgehead atoms. The smallest absolute Gasteiger partial charge is 0.322 e. The predicted octanol–water partition coefficient (Wildman–Crippen LogP) is 1.13. The molecule has 1 N–H and O–H groups in total. The number of nitrogens with zero attached hydrogens (tertiary/aromatic N) is 1. The van der Waals surface area contributed by atoms with E-state index >= 15 is 0 Å². The Bertz CT molecular complexity index is 369. The van der Waals surface area contributed by atoms with Crippen molar-refractivity contribution in [3.05, 3.63) is 23.9 Å². The van der Waals surface area contributed by atoms with E-state index in [0.717, 1.165) is 5.69 Å². The lowest BCUT2D eigenvalue weighted by atomic mass is 10.3. The van der Waals surface area contributed by atoms with E-state index in [-0.39, 0.29) is 12.0 Å². The van der Waals surface area contributed by atoms with E-state index in [4.69, 9.17) is 9.47 Å². The number of nitrogens with one attached hydrogen (secondary N) is 1. The zero-order chi connectivity index (χ0) is 12.7. The Morgan fingerprint density at radius 3 is 2.94 bits per heavy atom. The fourth-order valence-electron chi connectivity index (χ4n) is 1.28. The predicted molar refractivity (Wildman–Crippen MR) is 63.7 cm³/mol. The summed E-state index contributed by atoms with van der Waals surface area (Å²) in [5.74, 6) is 0.309. The molecule has 1 unspecified atom stereocenters. The minimum atomic E-state index is -0.344. The largest absolute Gasteiger partial charge is 0.481 e. The van der Waals surface area contributed by atoms with Gasteiger partial charge in [0.05, 0.1) is 19.4 Å². The first-order valence-electron chi connectivity index (χ1n) is 5.57. The van der Waals surface area contributed by atoms with Gasteiger partial charge >= 0.3 is 5.97 Å². The molecule has 0 spiro atoms. The van der Waals surface area contributed by atoms with E-state index in [9.17, 15) is 4.79 Å². The van der Waals surface area contributed by atoms with Gasteiger partial charge in [0.15, 0.2) is 0 Å². The number of aromatic nitrogens is 1. The standard InChI is InChI=1S/C12H18N2O3/c1-4-17-12(15)9(2)13-8-10-6-5-7-11(14-10)16-3/h5-7,9,13H,4,8H2,1-3H3. The summed E-state index contributed by atoms with van der Waals surface area (Å²) in [6.45, 7) is 4.44. The highest BCUT2D eigenvalue weighted by atomic mass is 16.5. The van der Waals surface area contributed by atoms with E-state index in [1.165, 1.54) is 0 Å². The molecule has 0 aromatic carbocycles. The third-order valence-corrected chi connectivity index (χ3v) is 2.22. The van der Waals surface area contributed by atoms with Crippen molar-refractivity contribution in [2.75, 3.05) is 13.7 Å². The molecule has 1 aromatic heterocycles. The van der Waals surface area contributed by atoms with Crippen LogP contribution in [0.5, 0.6) is 5.88 Å². The topological polar surface area (TPSA) is 60.5 Å². The van der Waals surface area contributed by atoms with Crippen LogP contribution < -0.4 is 10.1 Å². The molecule has 0 saturated carbocycles. The maximum atomic E-state index is 11.4. The van der Waals surface area contributed by atoms with Crippen molar-refractivity contribution in [3.63, 3.8) is 0 Å². The highest BCUT2D eigenvalue weighted by Crippen LogP contribution is 2.06. The van der Waals surface area contributed by atoms with Crippen LogP contribution in [0.3, 0.4) is 0 Å². The van der Waals surface area contributed by atoms with Gasteiger partial charge in [0.1, 0.15) is 6.04 Å². The van der Waals surface area contributed by atoms with Crippen LogP contribution in [-0.2, 0) is 16.1 Å². The lowest BCUT2D eigenvalue weighted by Gasteiger charge is -2.12. The number of hydrogen-bond acceptors (Lipinski definition) is 5. The van der Waals surface area contributed by atoms with Gasteiger partial charge in [-0.2, -0.15) is 0 Å². The minimum Gasteiger partial charge on any atom is -0.481 e. The third kappa shape index (κ3) is 4.40. The van der Waals surface area contributed by atoms with Gasteiger partial charge in [-0.05, 0) is 19.9 Å². The van der Waals surface area contributed by atoms with Gasteiger partial charge in [0, 0.05) is 12.6 Å². The Balaban J connectivity index is 2.46. The van der Waals surface area contributed by atoms with Crippen molar-refractivity contribution in [3.8, 4) is 5.88 Å². The molecule has 1 rings (SSSR count). The second-order valence-corrected chi connectivity index (χ2v) is 3.53. The van der Waals surface area contributed by atoms with Crippen LogP contribution in [0.2, 0.25) is 0 Å². The SMILES string of the molecule is CCOC(=O)C(C)NCc1cccc(OC)n1. The first kappa shape index (κ1) is 13.4. The van der Waals surface area contributed by atoms with Gasteiger partial charge in [-0.3, -0.25) is 10.1 Å². The van der Waals surface area contributed by atoms with E-state index < -0.39 is 0 Å². The van der Waals surface area contributed by atoms with E-state index in [2.05, 4.69) is 10.3 Å². The Hall–Kier alpha value is -1.62. The number of ether oxygens (including phenoxy) is 2.